The topological polar surface area (TPSA) is 101 Å². The SMILES string of the molecule is O=C1c2ccc(C(=O)N3CCCC3c3nnc4ccccn34)cc2C(=O)N1Cc1ccco1. The van der Waals surface area contributed by atoms with Gasteiger partial charge in [-0.1, -0.05) is 6.07 Å². The van der Waals surface area contributed by atoms with Crippen molar-refractivity contribution in [3.8, 4) is 0 Å². The Bertz CT molecular complexity index is 1410. The molecule has 2 aliphatic rings. The van der Waals surface area contributed by atoms with E-state index in [1.807, 2.05) is 28.8 Å². The summed E-state index contributed by atoms with van der Waals surface area (Å²) in [7, 11) is 0. The lowest BCUT2D eigenvalue weighted by Crippen LogP contribution is -2.31. The van der Waals surface area contributed by atoms with Gasteiger partial charge in [-0.05, 0) is 55.3 Å². The number of pyridine rings is 1. The molecule has 0 saturated carbocycles. The van der Waals surface area contributed by atoms with Crippen LogP contribution in [0.1, 0.15) is 61.5 Å². The van der Waals surface area contributed by atoms with Gasteiger partial charge >= 0.3 is 0 Å². The Morgan fingerprint density at radius 2 is 1.91 bits per heavy atom. The summed E-state index contributed by atoms with van der Waals surface area (Å²) in [6, 6.07) is 13.6. The molecule has 1 saturated heterocycles. The van der Waals surface area contributed by atoms with Gasteiger partial charge in [0.2, 0.25) is 0 Å². The molecule has 4 aromatic rings. The Morgan fingerprint density at radius 1 is 1.03 bits per heavy atom. The zero-order valence-corrected chi connectivity index (χ0v) is 17.5. The molecule has 0 radical (unpaired) electrons. The van der Waals surface area contributed by atoms with Gasteiger partial charge in [0.15, 0.2) is 11.5 Å². The van der Waals surface area contributed by atoms with Crippen molar-refractivity contribution in [2.24, 2.45) is 0 Å². The summed E-state index contributed by atoms with van der Waals surface area (Å²) >= 11 is 0. The molecule has 6 rings (SSSR count). The third kappa shape index (κ3) is 3.04. The third-order valence-electron chi connectivity index (χ3n) is 6.26. The van der Waals surface area contributed by atoms with Crippen molar-refractivity contribution in [3.05, 3.63) is 89.3 Å². The maximum atomic E-state index is 13.5. The third-order valence-corrected chi connectivity index (χ3v) is 6.26. The van der Waals surface area contributed by atoms with Crippen molar-refractivity contribution in [2.45, 2.75) is 25.4 Å². The highest BCUT2D eigenvalue weighted by Crippen LogP contribution is 2.33. The van der Waals surface area contributed by atoms with Crippen LogP contribution in [-0.2, 0) is 6.54 Å². The number of imide groups is 1. The first-order chi connectivity index (χ1) is 16.1. The number of furan rings is 1. The summed E-state index contributed by atoms with van der Waals surface area (Å²) in [6.45, 7) is 0.636. The van der Waals surface area contributed by atoms with Crippen molar-refractivity contribution in [3.63, 3.8) is 0 Å². The summed E-state index contributed by atoms with van der Waals surface area (Å²) in [6.07, 6.45) is 5.01. The fourth-order valence-corrected chi connectivity index (χ4v) is 4.66. The van der Waals surface area contributed by atoms with Gasteiger partial charge in [0.05, 0.1) is 30.0 Å². The number of hydrogen-bond acceptors (Lipinski definition) is 6. The van der Waals surface area contributed by atoms with Crippen LogP contribution in [-0.4, -0.2) is 48.7 Å². The number of aromatic nitrogens is 3. The molecule has 1 atom stereocenters. The van der Waals surface area contributed by atoms with Crippen molar-refractivity contribution < 1.29 is 18.8 Å². The summed E-state index contributed by atoms with van der Waals surface area (Å²) in [5, 5.41) is 8.55. The Kier molecular flexibility index (Phi) is 4.36. The minimum absolute atomic E-state index is 0.0524. The Labute approximate surface area is 188 Å². The fraction of sp³-hybridized carbons (Fsp3) is 0.208. The molecule has 0 N–H and O–H groups in total. The maximum absolute atomic E-state index is 13.5. The number of carbonyl (C=O) groups excluding carboxylic acids is 3. The summed E-state index contributed by atoms with van der Waals surface area (Å²) in [5.74, 6) is 0.217. The molecule has 3 aromatic heterocycles. The monoisotopic (exact) mass is 441 g/mol. The van der Waals surface area contributed by atoms with Gasteiger partial charge < -0.3 is 9.32 Å². The normalized spacial score (nSPS) is 17.9. The van der Waals surface area contributed by atoms with Crippen LogP contribution in [0.15, 0.2) is 65.4 Å². The highest BCUT2D eigenvalue weighted by atomic mass is 16.3. The fourth-order valence-electron chi connectivity index (χ4n) is 4.66. The predicted octanol–water partition coefficient (Wildman–Crippen LogP) is 3.10. The molecule has 3 amide bonds. The summed E-state index contributed by atoms with van der Waals surface area (Å²) < 4.78 is 7.17. The molecule has 33 heavy (non-hydrogen) atoms. The van der Waals surface area contributed by atoms with E-state index in [-0.39, 0.29) is 30.0 Å². The highest BCUT2D eigenvalue weighted by Gasteiger charge is 2.38. The van der Waals surface area contributed by atoms with Gasteiger partial charge in [0.1, 0.15) is 5.76 Å². The molecular weight excluding hydrogens is 422 g/mol. The number of likely N-dealkylation sites (tertiary alicyclic amines) is 1. The van der Waals surface area contributed by atoms with Crippen molar-refractivity contribution in [2.75, 3.05) is 6.54 Å². The second-order valence-corrected chi connectivity index (χ2v) is 8.18. The number of benzene rings is 1. The molecule has 5 heterocycles. The standard InChI is InChI=1S/C24H19N5O4/c30-22(27-11-3-6-19(27)21-26-25-20-7-1-2-10-28(20)21)15-8-9-17-18(13-15)24(32)29(23(17)31)14-16-5-4-12-33-16/h1-2,4-5,7-10,12-13,19H,3,6,11,14H2. The van der Waals surface area contributed by atoms with Crippen LogP contribution in [0.5, 0.6) is 0 Å². The minimum Gasteiger partial charge on any atom is -0.467 e. The Hall–Kier alpha value is -4.27. The molecule has 0 spiro atoms. The smallest absolute Gasteiger partial charge is 0.261 e. The first kappa shape index (κ1) is 19.4. The van der Waals surface area contributed by atoms with Gasteiger partial charge in [-0.3, -0.25) is 23.7 Å². The van der Waals surface area contributed by atoms with Gasteiger partial charge in [0.25, 0.3) is 17.7 Å². The molecule has 9 heteroatoms. The van der Waals surface area contributed by atoms with Gasteiger partial charge in [-0.15, -0.1) is 10.2 Å². The lowest BCUT2D eigenvalue weighted by Gasteiger charge is -2.23. The average Bonchev–Trinajstić information content (AvgIpc) is 3.63. The van der Waals surface area contributed by atoms with Crippen LogP contribution in [0.25, 0.3) is 5.65 Å². The van der Waals surface area contributed by atoms with Crippen LogP contribution >= 0.6 is 0 Å². The summed E-state index contributed by atoms with van der Waals surface area (Å²) in [4.78, 5) is 42.1. The molecule has 164 valence electrons. The van der Waals surface area contributed by atoms with E-state index in [0.29, 0.717) is 29.3 Å². The lowest BCUT2D eigenvalue weighted by atomic mass is 10.0. The zero-order valence-electron chi connectivity index (χ0n) is 17.5. The molecule has 0 aliphatic carbocycles. The first-order valence-corrected chi connectivity index (χ1v) is 10.7. The quantitative estimate of drug-likeness (QED) is 0.451. The molecule has 1 unspecified atom stereocenters. The van der Waals surface area contributed by atoms with E-state index in [0.717, 1.165) is 23.4 Å². The van der Waals surface area contributed by atoms with Crippen molar-refractivity contribution >= 4 is 23.4 Å². The van der Waals surface area contributed by atoms with Crippen LogP contribution in [0.2, 0.25) is 0 Å². The van der Waals surface area contributed by atoms with E-state index in [1.165, 1.54) is 12.3 Å². The molecule has 0 bridgehead atoms. The van der Waals surface area contributed by atoms with E-state index in [2.05, 4.69) is 10.2 Å². The number of fused-ring (bicyclic) bond motifs is 2. The largest absolute Gasteiger partial charge is 0.467 e. The number of hydrogen-bond donors (Lipinski definition) is 0. The second kappa shape index (κ2) is 7.40. The Morgan fingerprint density at radius 3 is 2.76 bits per heavy atom. The number of rotatable bonds is 4. The van der Waals surface area contributed by atoms with Crippen LogP contribution in [0.3, 0.4) is 0 Å². The van der Waals surface area contributed by atoms with E-state index in [1.54, 1.807) is 29.2 Å². The maximum Gasteiger partial charge on any atom is 0.261 e. The van der Waals surface area contributed by atoms with Crippen LogP contribution < -0.4 is 0 Å². The number of carbonyl (C=O) groups is 3. The van der Waals surface area contributed by atoms with E-state index in [9.17, 15) is 14.4 Å². The zero-order chi connectivity index (χ0) is 22.5. The number of nitrogens with zero attached hydrogens (tertiary/aromatic N) is 5. The molecule has 1 aromatic carbocycles. The van der Waals surface area contributed by atoms with Gasteiger partial charge in [-0.2, -0.15) is 0 Å². The first-order valence-electron chi connectivity index (χ1n) is 10.7. The Balaban J connectivity index is 1.29. The second-order valence-electron chi connectivity index (χ2n) is 8.18. The molecule has 9 nitrogen and oxygen atoms in total. The summed E-state index contributed by atoms with van der Waals surface area (Å²) in [5.41, 5.74) is 1.63. The van der Waals surface area contributed by atoms with E-state index < -0.39 is 5.91 Å². The van der Waals surface area contributed by atoms with Gasteiger partial charge in [0, 0.05) is 18.3 Å². The van der Waals surface area contributed by atoms with Crippen molar-refractivity contribution in [1.29, 1.82) is 0 Å². The van der Waals surface area contributed by atoms with E-state index in [4.69, 9.17) is 4.42 Å². The number of amides is 3. The van der Waals surface area contributed by atoms with E-state index >= 15 is 0 Å². The minimum atomic E-state index is -0.428. The highest BCUT2D eigenvalue weighted by molar-refractivity contribution is 6.22. The van der Waals surface area contributed by atoms with Crippen molar-refractivity contribution in [1.82, 2.24) is 24.4 Å². The lowest BCUT2D eigenvalue weighted by molar-refractivity contribution is 0.0631. The van der Waals surface area contributed by atoms with Crippen LogP contribution in [0, 0.1) is 0 Å². The molecule has 2 aliphatic heterocycles. The molecule has 1 fully saturated rings. The van der Waals surface area contributed by atoms with Crippen LogP contribution in [0.4, 0.5) is 0 Å². The predicted molar refractivity (Wildman–Crippen MR) is 115 cm³/mol. The molecular formula is C24H19N5O4. The average molecular weight is 441 g/mol. The van der Waals surface area contributed by atoms with Gasteiger partial charge in [-0.25, -0.2) is 0 Å².